The number of rotatable bonds is 5. The molecule has 2 fully saturated rings. The van der Waals surface area contributed by atoms with E-state index in [0.717, 1.165) is 67.2 Å². The molecule has 2 aliphatic rings. The molecule has 1 saturated heterocycles. The summed E-state index contributed by atoms with van der Waals surface area (Å²) in [6.45, 7) is 6.52. The van der Waals surface area contributed by atoms with Gasteiger partial charge in [0, 0.05) is 60.4 Å². The smallest absolute Gasteiger partial charge is 0.323 e. The predicted octanol–water partition coefficient (Wildman–Crippen LogP) is 8.37. The van der Waals surface area contributed by atoms with Gasteiger partial charge in [-0.2, -0.15) is 0 Å². The van der Waals surface area contributed by atoms with Gasteiger partial charge in [-0.25, -0.2) is 4.79 Å². The van der Waals surface area contributed by atoms with Crippen LogP contribution in [-0.2, 0) is 5.54 Å². The van der Waals surface area contributed by atoms with E-state index in [4.69, 9.17) is 0 Å². The van der Waals surface area contributed by atoms with Crippen molar-refractivity contribution >= 4 is 71.2 Å². The molecule has 1 aliphatic heterocycles. The number of amides is 2. The number of benzene rings is 3. The van der Waals surface area contributed by atoms with Crippen LogP contribution in [0.25, 0.3) is 10.9 Å². The predicted molar refractivity (Wildman–Crippen MR) is 182 cm³/mol. The average molecular weight is 629 g/mol. The molecule has 1 aliphatic carbocycles. The number of fused-ring (bicyclic) bond motifs is 1. The molecular formula is C33H40Cl3N5O. The van der Waals surface area contributed by atoms with Crippen molar-refractivity contribution < 1.29 is 4.79 Å². The first kappa shape index (κ1) is 33.5. The van der Waals surface area contributed by atoms with Crippen LogP contribution in [-0.4, -0.2) is 42.1 Å². The number of nitrogens with one attached hydrogen (secondary N) is 2. The van der Waals surface area contributed by atoms with Crippen molar-refractivity contribution in [2.24, 2.45) is 5.92 Å². The number of para-hydroxylation sites is 1. The minimum Gasteiger partial charge on any atom is -0.369 e. The van der Waals surface area contributed by atoms with E-state index in [2.05, 4.69) is 80.9 Å². The fourth-order valence-electron chi connectivity index (χ4n) is 6.39. The van der Waals surface area contributed by atoms with E-state index in [0.29, 0.717) is 0 Å². The second-order valence-electron chi connectivity index (χ2n) is 11.1. The number of piperazine rings is 1. The van der Waals surface area contributed by atoms with Crippen LogP contribution >= 0.6 is 37.2 Å². The molecule has 0 radical (unpaired) electrons. The van der Waals surface area contributed by atoms with Crippen LogP contribution in [0.5, 0.6) is 0 Å². The number of urea groups is 1. The van der Waals surface area contributed by atoms with Crippen molar-refractivity contribution in [1.82, 2.24) is 9.88 Å². The van der Waals surface area contributed by atoms with Gasteiger partial charge in [0.2, 0.25) is 0 Å². The van der Waals surface area contributed by atoms with Crippen LogP contribution in [0.2, 0.25) is 0 Å². The Morgan fingerprint density at radius 3 is 2.19 bits per heavy atom. The van der Waals surface area contributed by atoms with Crippen LogP contribution in [0.4, 0.5) is 21.9 Å². The van der Waals surface area contributed by atoms with Gasteiger partial charge < -0.3 is 15.5 Å². The highest BCUT2D eigenvalue weighted by Crippen LogP contribution is 2.45. The van der Waals surface area contributed by atoms with Gasteiger partial charge >= 0.3 is 6.03 Å². The van der Waals surface area contributed by atoms with Gasteiger partial charge in [0.05, 0.1) is 5.52 Å². The molecule has 42 heavy (non-hydrogen) atoms. The lowest BCUT2D eigenvalue weighted by molar-refractivity contribution is 0.0299. The van der Waals surface area contributed by atoms with Crippen molar-refractivity contribution in [3.63, 3.8) is 0 Å². The number of halogens is 3. The fourth-order valence-corrected chi connectivity index (χ4v) is 6.39. The van der Waals surface area contributed by atoms with E-state index in [1.165, 1.54) is 24.1 Å². The Morgan fingerprint density at radius 2 is 1.48 bits per heavy atom. The Kier molecular flexibility index (Phi) is 11.9. The number of hydrogen-bond donors (Lipinski definition) is 2. The molecule has 2 N–H and O–H groups in total. The van der Waals surface area contributed by atoms with Gasteiger partial charge in [-0.15, -0.1) is 37.2 Å². The normalized spacial score (nSPS) is 20.4. The minimum atomic E-state index is -0.238. The van der Waals surface area contributed by atoms with Crippen molar-refractivity contribution in [1.29, 1.82) is 0 Å². The number of anilines is 3. The van der Waals surface area contributed by atoms with E-state index < -0.39 is 0 Å². The number of hydrogen-bond acceptors (Lipinski definition) is 4. The van der Waals surface area contributed by atoms with Crippen LogP contribution in [0.3, 0.4) is 0 Å². The largest absolute Gasteiger partial charge is 0.369 e. The monoisotopic (exact) mass is 627 g/mol. The molecule has 2 amide bonds. The highest BCUT2D eigenvalue weighted by molar-refractivity contribution is 6.01. The molecule has 224 valence electrons. The second-order valence-corrected chi connectivity index (χ2v) is 11.1. The van der Waals surface area contributed by atoms with Crippen LogP contribution < -0.4 is 15.5 Å². The standard InChI is InChI=1S/C33H37N5O.3ClH/c1-25-14-16-33(17-15-25,38-21-19-37(20-22-38)30-10-3-2-4-11-30)27-8-5-9-28(24-27)35-32(39)36-29-12-13-31-26(23-29)7-6-18-34-31;;;/h2-13,18,23-25H,14-17,19-22H2,1H3,(H2,35,36,39);3*1H. The molecule has 9 heteroatoms. The topological polar surface area (TPSA) is 60.5 Å². The zero-order chi connectivity index (χ0) is 26.7. The lowest BCUT2D eigenvalue weighted by atomic mass is 9.71. The summed E-state index contributed by atoms with van der Waals surface area (Å²) >= 11 is 0. The Morgan fingerprint density at radius 1 is 0.786 bits per heavy atom. The zero-order valence-corrected chi connectivity index (χ0v) is 26.3. The third kappa shape index (κ3) is 7.30. The van der Waals surface area contributed by atoms with Crippen molar-refractivity contribution in [2.45, 2.75) is 38.1 Å². The summed E-state index contributed by atoms with van der Waals surface area (Å²) in [7, 11) is 0. The molecule has 0 atom stereocenters. The van der Waals surface area contributed by atoms with Crippen molar-refractivity contribution in [2.75, 3.05) is 41.7 Å². The quantitative estimate of drug-likeness (QED) is 0.233. The van der Waals surface area contributed by atoms with E-state index in [-0.39, 0.29) is 48.8 Å². The van der Waals surface area contributed by atoms with E-state index in [9.17, 15) is 4.79 Å². The van der Waals surface area contributed by atoms with Crippen LogP contribution in [0, 0.1) is 5.92 Å². The molecule has 3 aromatic carbocycles. The lowest BCUT2D eigenvalue weighted by Crippen LogP contribution is -2.56. The summed E-state index contributed by atoms with van der Waals surface area (Å²) in [5.41, 5.74) is 5.12. The fraction of sp³-hybridized carbons (Fsp3) is 0.333. The SMILES string of the molecule is CC1CCC(c2cccc(NC(=O)Nc3ccc4ncccc4c3)c2)(N2CCN(c3ccccc3)CC2)CC1.Cl.Cl.Cl. The zero-order valence-electron chi connectivity index (χ0n) is 23.9. The van der Waals surface area contributed by atoms with Gasteiger partial charge in [-0.05, 0) is 85.7 Å². The number of carbonyl (C=O) groups excluding carboxylic acids is 1. The third-order valence-corrected chi connectivity index (χ3v) is 8.63. The molecule has 4 aromatic rings. The van der Waals surface area contributed by atoms with Crippen LogP contribution in [0.1, 0.15) is 38.2 Å². The van der Waals surface area contributed by atoms with Gasteiger partial charge in [0.1, 0.15) is 0 Å². The van der Waals surface area contributed by atoms with Gasteiger partial charge in [-0.3, -0.25) is 9.88 Å². The first-order chi connectivity index (χ1) is 19.1. The van der Waals surface area contributed by atoms with E-state index in [1.54, 1.807) is 6.20 Å². The molecule has 1 aromatic heterocycles. The molecule has 6 nitrogen and oxygen atoms in total. The Hall–Kier alpha value is -3.03. The number of carbonyl (C=O) groups is 1. The molecule has 0 unspecified atom stereocenters. The Labute approximate surface area is 267 Å². The van der Waals surface area contributed by atoms with Gasteiger partial charge in [0.15, 0.2) is 0 Å². The summed E-state index contributed by atoms with van der Waals surface area (Å²) in [5, 5.41) is 7.07. The molecular weight excluding hydrogens is 589 g/mol. The van der Waals surface area contributed by atoms with E-state index >= 15 is 0 Å². The third-order valence-electron chi connectivity index (χ3n) is 8.63. The molecule has 6 rings (SSSR count). The first-order valence-corrected chi connectivity index (χ1v) is 14.2. The summed E-state index contributed by atoms with van der Waals surface area (Å²) in [4.78, 5) is 22.5. The number of aromatic nitrogens is 1. The van der Waals surface area contributed by atoms with Crippen molar-refractivity contribution in [3.8, 4) is 0 Å². The second kappa shape index (κ2) is 14.9. The maximum Gasteiger partial charge on any atom is 0.323 e. The molecule has 2 heterocycles. The number of pyridine rings is 1. The van der Waals surface area contributed by atoms with Gasteiger partial charge in [-0.1, -0.05) is 43.3 Å². The van der Waals surface area contributed by atoms with E-state index in [1.807, 2.05) is 36.4 Å². The highest BCUT2D eigenvalue weighted by atomic mass is 35.5. The molecule has 0 spiro atoms. The maximum atomic E-state index is 12.9. The Bertz CT molecular complexity index is 1440. The Balaban J connectivity index is 0.00000161. The first-order valence-electron chi connectivity index (χ1n) is 14.2. The van der Waals surface area contributed by atoms with Crippen molar-refractivity contribution in [3.05, 3.63) is 96.7 Å². The summed E-state index contributed by atoms with van der Waals surface area (Å²) in [6, 6.07) is 28.7. The highest BCUT2D eigenvalue weighted by Gasteiger charge is 2.42. The summed E-state index contributed by atoms with van der Waals surface area (Å²) < 4.78 is 0. The lowest BCUT2D eigenvalue weighted by Gasteiger charge is -2.51. The number of nitrogens with zero attached hydrogens (tertiary/aromatic N) is 3. The average Bonchev–Trinajstić information content (AvgIpc) is 2.98. The minimum absolute atomic E-state index is 0. The summed E-state index contributed by atoms with van der Waals surface area (Å²) in [6.07, 6.45) is 6.54. The van der Waals surface area contributed by atoms with Crippen LogP contribution in [0.15, 0.2) is 91.1 Å². The van der Waals surface area contributed by atoms with Gasteiger partial charge in [0.25, 0.3) is 0 Å². The molecule has 0 bridgehead atoms. The maximum absolute atomic E-state index is 12.9. The summed E-state index contributed by atoms with van der Waals surface area (Å²) in [5.74, 6) is 0.757. The molecule has 1 saturated carbocycles.